The van der Waals surface area contributed by atoms with Crippen molar-refractivity contribution in [2.45, 2.75) is 25.3 Å². The van der Waals surface area contributed by atoms with Crippen LogP contribution in [0.25, 0.3) is 0 Å². The SMILES string of the molecule is COc1c(Cl)ccc2c1[C@H](N)CCC2. The quantitative estimate of drug-likeness (QED) is 0.775. The minimum atomic E-state index is 0.0763. The summed E-state index contributed by atoms with van der Waals surface area (Å²) in [4.78, 5) is 0. The van der Waals surface area contributed by atoms with Crippen LogP contribution in [0, 0.1) is 0 Å². The van der Waals surface area contributed by atoms with Gasteiger partial charge in [-0.1, -0.05) is 17.7 Å². The molecule has 1 aromatic rings. The van der Waals surface area contributed by atoms with Crippen molar-refractivity contribution in [1.29, 1.82) is 0 Å². The average molecular weight is 212 g/mol. The summed E-state index contributed by atoms with van der Waals surface area (Å²) in [5, 5.41) is 0.656. The van der Waals surface area contributed by atoms with Crippen LogP contribution >= 0.6 is 11.6 Å². The summed E-state index contributed by atoms with van der Waals surface area (Å²) in [5.74, 6) is 0.761. The van der Waals surface area contributed by atoms with E-state index in [1.165, 1.54) is 5.56 Å². The molecule has 0 radical (unpaired) electrons. The van der Waals surface area contributed by atoms with E-state index in [-0.39, 0.29) is 6.04 Å². The first-order valence-corrected chi connectivity index (χ1v) is 5.22. The zero-order valence-electron chi connectivity index (χ0n) is 8.22. The van der Waals surface area contributed by atoms with Gasteiger partial charge in [-0.15, -0.1) is 0 Å². The van der Waals surface area contributed by atoms with E-state index in [4.69, 9.17) is 22.1 Å². The van der Waals surface area contributed by atoms with Crippen molar-refractivity contribution in [3.05, 3.63) is 28.3 Å². The van der Waals surface area contributed by atoms with E-state index in [1.54, 1.807) is 7.11 Å². The van der Waals surface area contributed by atoms with Crippen LogP contribution in [0.5, 0.6) is 5.75 Å². The standard InChI is InChI=1S/C11H14ClNO/c1-14-11-8(12)6-5-7-3-2-4-9(13)10(7)11/h5-6,9H,2-4,13H2,1H3/t9-/m1/s1. The van der Waals surface area contributed by atoms with Crippen molar-refractivity contribution in [3.63, 3.8) is 0 Å². The first kappa shape index (κ1) is 9.81. The lowest BCUT2D eigenvalue weighted by molar-refractivity contribution is 0.399. The highest BCUT2D eigenvalue weighted by molar-refractivity contribution is 6.32. The zero-order valence-corrected chi connectivity index (χ0v) is 8.97. The van der Waals surface area contributed by atoms with Crippen molar-refractivity contribution < 1.29 is 4.74 Å². The molecule has 14 heavy (non-hydrogen) atoms. The maximum Gasteiger partial charge on any atom is 0.142 e. The van der Waals surface area contributed by atoms with Gasteiger partial charge in [0.1, 0.15) is 5.75 Å². The first-order chi connectivity index (χ1) is 6.74. The lowest BCUT2D eigenvalue weighted by Crippen LogP contribution is -2.18. The molecule has 0 aliphatic heterocycles. The summed E-state index contributed by atoms with van der Waals surface area (Å²) in [6.45, 7) is 0. The molecule has 0 saturated carbocycles. The minimum absolute atomic E-state index is 0.0763. The van der Waals surface area contributed by atoms with Crippen molar-refractivity contribution in [1.82, 2.24) is 0 Å². The predicted molar refractivity (Wildman–Crippen MR) is 57.9 cm³/mol. The molecule has 1 atom stereocenters. The molecular weight excluding hydrogens is 198 g/mol. The molecule has 1 aliphatic rings. The Morgan fingerprint density at radius 1 is 1.50 bits per heavy atom. The van der Waals surface area contributed by atoms with E-state index in [0.717, 1.165) is 30.6 Å². The van der Waals surface area contributed by atoms with E-state index in [1.807, 2.05) is 6.07 Å². The van der Waals surface area contributed by atoms with Crippen LogP contribution in [-0.2, 0) is 6.42 Å². The second-order valence-electron chi connectivity index (χ2n) is 3.65. The highest BCUT2D eigenvalue weighted by Gasteiger charge is 2.22. The number of methoxy groups -OCH3 is 1. The van der Waals surface area contributed by atoms with Gasteiger partial charge in [0.2, 0.25) is 0 Å². The van der Waals surface area contributed by atoms with Crippen LogP contribution in [0.15, 0.2) is 12.1 Å². The van der Waals surface area contributed by atoms with Gasteiger partial charge in [0, 0.05) is 11.6 Å². The van der Waals surface area contributed by atoms with E-state index in [0.29, 0.717) is 5.02 Å². The van der Waals surface area contributed by atoms with Gasteiger partial charge < -0.3 is 10.5 Å². The third kappa shape index (κ3) is 1.49. The molecule has 1 aliphatic carbocycles. The topological polar surface area (TPSA) is 35.2 Å². The van der Waals surface area contributed by atoms with E-state index < -0.39 is 0 Å². The molecule has 2 N–H and O–H groups in total. The van der Waals surface area contributed by atoms with Crippen LogP contribution in [0.2, 0.25) is 5.02 Å². The molecule has 0 heterocycles. The summed E-state index contributed by atoms with van der Waals surface area (Å²) >= 11 is 6.05. The third-order valence-electron chi connectivity index (χ3n) is 2.77. The number of rotatable bonds is 1. The number of ether oxygens (including phenoxy) is 1. The van der Waals surface area contributed by atoms with Crippen LogP contribution in [0.3, 0.4) is 0 Å². The normalized spacial score (nSPS) is 20.4. The number of benzene rings is 1. The van der Waals surface area contributed by atoms with Gasteiger partial charge in [-0.05, 0) is 30.9 Å². The molecule has 76 valence electrons. The zero-order chi connectivity index (χ0) is 10.1. The Hall–Kier alpha value is -0.730. The van der Waals surface area contributed by atoms with Gasteiger partial charge in [-0.2, -0.15) is 0 Å². The molecule has 2 rings (SSSR count). The maximum absolute atomic E-state index is 6.05. The number of aryl methyl sites for hydroxylation is 1. The fourth-order valence-electron chi connectivity index (χ4n) is 2.10. The summed E-state index contributed by atoms with van der Waals surface area (Å²) in [7, 11) is 1.64. The minimum Gasteiger partial charge on any atom is -0.495 e. The Labute approximate surface area is 89.0 Å². The summed E-state index contributed by atoms with van der Waals surface area (Å²) in [6.07, 6.45) is 3.25. The number of fused-ring (bicyclic) bond motifs is 1. The average Bonchev–Trinajstić information content (AvgIpc) is 2.19. The van der Waals surface area contributed by atoms with Gasteiger partial charge in [-0.25, -0.2) is 0 Å². The molecule has 1 aromatic carbocycles. The molecule has 0 bridgehead atoms. The van der Waals surface area contributed by atoms with Crippen molar-refractivity contribution in [2.75, 3.05) is 7.11 Å². The van der Waals surface area contributed by atoms with Gasteiger partial charge in [-0.3, -0.25) is 0 Å². The van der Waals surface area contributed by atoms with Gasteiger partial charge >= 0.3 is 0 Å². The van der Waals surface area contributed by atoms with E-state index in [2.05, 4.69) is 6.07 Å². The fourth-order valence-corrected chi connectivity index (χ4v) is 2.34. The van der Waals surface area contributed by atoms with Crippen molar-refractivity contribution in [2.24, 2.45) is 5.73 Å². The largest absolute Gasteiger partial charge is 0.495 e. The van der Waals surface area contributed by atoms with Gasteiger partial charge in [0.05, 0.1) is 12.1 Å². The highest BCUT2D eigenvalue weighted by Crippen LogP contribution is 2.39. The molecule has 3 heteroatoms. The predicted octanol–water partition coefficient (Wildman–Crippen LogP) is 2.68. The molecule has 0 fully saturated rings. The van der Waals surface area contributed by atoms with Crippen LogP contribution in [0.1, 0.15) is 30.0 Å². The smallest absolute Gasteiger partial charge is 0.142 e. The molecular formula is C11H14ClNO. The molecule has 2 nitrogen and oxygen atoms in total. The van der Waals surface area contributed by atoms with Crippen molar-refractivity contribution >= 4 is 11.6 Å². The molecule has 0 aromatic heterocycles. The number of hydrogen-bond donors (Lipinski definition) is 1. The van der Waals surface area contributed by atoms with Crippen molar-refractivity contribution in [3.8, 4) is 5.75 Å². The Morgan fingerprint density at radius 2 is 2.29 bits per heavy atom. The third-order valence-corrected chi connectivity index (χ3v) is 3.07. The van der Waals surface area contributed by atoms with Gasteiger partial charge in [0.15, 0.2) is 0 Å². The van der Waals surface area contributed by atoms with Crippen LogP contribution < -0.4 is 10.5 Å². The lowest BCUT2D eigenvalue weighted by atomic mass is 9.87. The molecule has 0 spiro atoms. The molecule has 0 amide bonds. The van der Waals surface area contributed by atoms with Crippen LogP contribution in [0.4, 0.5) is 0 Å². The molecule has 0 unspecified atom stereocenters. The number of nitrogens with two attached hydrogens (primary N) is 1. The van der Waals surface area contributed by atoms with Crippen LogP contribution in [-0.4, -0.2) is 7.11 Å². The Morgan fingerprint density at radius 3 is 3.00 bits per heavy atom. The molecule has 0 saturated heterocycles. The van der Waals surface area contributed by atoms with E-state index in [9.17, 15) is 0 Å². The Bertz CT molecular complexity index is 351. The first-order valence-electron chi connectivity index (χ1n) is 4.85. The lowest BCUT2D eigenvalue weighted by Gasteiger charge is -2.24. The van der Waals surface area contributed by atoms with E-state index >= 15 is 0 Å². The Kier molecular flexibility index (Phi) is 2.66. The number of hydrogen-bond acceptors (Lipinski definition) is 2. The maximum atomic E-state index is 6.05. The summed E-state index contributed by atoms with van der Waals surface area (Å²) < 4.78 is 5.30. The Balaban J connectivity index is 2.57. The number of halogens is 1. The summed E-state index contributed by atoms with van der Waals surface area (Å²) in [5.41, 5.74) is 8.44. The van der Waals surface area contributed by atoms with Gasteiger partial charge in [0.25, 0.3) is 0 Å². The monoisotopic (exact) mass is 211 g/mol. The fraction of sp³-hybridized carbons (Fsp3) is 0.455. The summed E-state index contributed by atoms with van der Waals surface area (Å²) in [6, 6.07) is 4.02. The highest BCUT2D eigenvalue weighted by atomic mass is 35.5. The second kappa shape index (κ2) is 3.79. The second-order valence-corrected chi connectivity index (χ2v) is 4.06.